The Bertz CT molecular complexity index is 570. The maximum absolute atomic E-state index is 13.1. The molecule has 0 aliphatic heterocycles. The lowest BCUT2D eigenvalue weighted by Gasteiger charge is -2.11. The van der Waals surface area contributed by atoms with Gasteiger partial charge in [0.15, 0.2) is 0 Å². The molecule has 0 heterocycles. The number of phenols is 2. The Kier molecular flexibility index (Phi) is 3.37. The van der Waals surface area contributed by atoms with Crippen molar-refractivity contribution in [3.8, 4) is 11.5 Å². The highest BCUT2D eigenvalue weighted by Gasteiger charge is 2.04. The van der Waals surface area contributed by atoms with Crippen molar-refractivity contribution in [2.24, 2.45) is 0 Å². The van der Waals surface area contributed by atoms with E-state index in [1.807, 2.05) is 6.92 Å². The van der Waals surface area contributed by atoms with Crippen LogP contribution < -0.4 is 5.32 Å². The number of halogens is 1. The van der Waals surface area contributed by atoms with Crippen molar-refractivity contribution in [1.82, 2.24) is 0 Å². The predicted octanol–water partition coefficient (Wildman–Crippen LogP) is 3.16. The molecule has 2 rings (SSSR count). The van der Waals surface area contributed by atoms with Gasteiger partial charge in [-0.2, -0.15) is 0 Å². The molecule has 3 N–H and O–H groups in total. The summed E-state index contributed by atoms with van der Waals surface area (Å²) in [5.74, 6) is -0.284. The SMILES string of the molecule is Cc1ccc(F)cc1NCc1ccc(O)cc1O. The first kappa shape index (κ1) is 12.2. The van der Waals surface area contributed by atoms with Gasteiger partial charge in [-0.15, -0.1) is 0 Å². The molecule has 0 aliphatic carbocycles. The van der Waals surface area contributed by atoms with E-state index < -0.39 is 0 Å². The van der Waals surface area contributed by atoms with E-state index in [-0.39, 0.29) is 17.3 Å². The van der Waals surface area contributed by atoms with Crippen molar-refractivity contribution in [3.63, 3.8) is 0 Å². The van der Waals surface area contributed by atoms with Crippen molar-refractivity contribution < 1.29 is 14.6 Å². The van der Waals surface area contributed by atoms with E-state index in [1.165, 1.54) is 24.3 Å². The normalized spacial score (nSPS) is 10.3. The Labute approximate surface area is 105 Å². The highest BCUT2D eigenvalue weighted by atomic mass is 19.1. The average Bonchev–Trinajstić information content (AvgIpc) is 2.32. The third-order valence-electron chi connectivity index (χ3n) is 2.74. The maximum Gasteiger partial charge on any atom is 0.125 e. The second-order valence-electron chi connectivity index (χ2n) is 4.13. The van der Waals surface area contributed by atoms with Crippen LogP contribution in [0.2, 0.25) is 0 Å². The van der Waals surface area contributed by atoms with Crippen LogP contribution in [0.3, 0.4) is 0 Å². The minimum Gasteiger partial charge on any atom is -0.508 e. The zero-order chi connectivity index (χ0) is 13.1. The van der Waals surface area contributed by atoms with Crippen molar-refractivity contribution in [2.45, 2.75) is 13.5 Å². The molecule has 0 radical (unpaired) electrons. The van der Waals surface area contributed by atoms with Gasteiger partial charge < -0.3 is 15.5 Å². The van der Waals surface area contributed by atoms with Gasteiger partial charge in [0, 0.05) is 23.9 Å². The third-order valence-corrected chi connectivity index (χ3v) is 2.74. The molecule has 2 aromatic carbocycles. The molecule has 4 heteroatoms. The van der Waals surface area contributed by atoms with Gasteiger partial charge in [0.25, 0.3) is 0 Å². The number of nitrogens with one attached hydrogen (secondary N) is 1. The van der Waals surface area contributed by atoms with Crippen LogP contribution in [0.25, 0.3) is 0 Å². The summed E-state index contributed by atoms with van der Waals surface area (Å²) in [5.41, 5.74) is 2.24. The molecule has 0 amide bonds. The van der Waals surface area contributed by atoms with Gasteiger partial charge in [-0.3, -0.25) is 0 Å². The number of anilines is 1. The Morgan fingerprint density at radius 2 is 1.89 bits per heavy atom. The van der Waals surface area contributed by atoms with Crippen molar-refractivity contribution >= 4 is 5.69 Å². The first-order valence-electron chi connectivity index (χ1n) is 5.57. The molecular weight excluding hydrogens is 233 g/mol. The third kappa shape index (κ3) is 2.71. The first-order valence-corrected chi connectivity index (χ1v) is 5.57. The molecule has 0 bridgehead atoms. The van der Waals surface area contributed by atoms with Crippen LogP contribution in [0.15, 0.2) is 36.4 Å². The van der Waals surface area contributed by atoms with Gasteiger partial charge in [0.2, 0.25) is 0 Å². The van der Waals surface area contributed by atoms with Gasteiger partial charge in [0.1, 0.15) is 17.3 Å². The molecular formula is C14H14FNO2. The fraction of sp³-hybridized carbons (Fsp3) is 0.143. The minimum atomic E-state index is -0.307. The lowest BCUT2D eigenvalue weighted by molar-refractivity contribution is 0.446. The number of phenolic OH excluding ortho intramolecular Hbond substituents is 2. The Hall–Kier alpha value is -2.23. The highest BCUT2D eigenvalue weighted by Crippen LogP contribution is 2.24. The Balaban J connectivity index is 2.13. The van der Waals surface area contributed by atoms with Crippen molar-refractivity contribution in [2.75, 3.05) is 5.32 Å². The number of aryl methyl sites for hydroxylation is 1. The van der Waals surface area contributed by atoms with E-state index in [0.717, 1.165) is 5.56 Å². The molecule has 0 atom stereocenters. The second-order valence-corrected chi connectivity index (χ2v) is 4.13. The monoisotopic (exact) mass is 247 g/mol. The molecule has 0 saturated carbocycles. The Morgan fingerprint density at radius 1 is 1.11 bits per heavy atom. The second kappa shape index (κ2) is 4.96. The minimum absolute atomic E-state index is 0.0107. The summed E-state index contributed by atoms with van der Waals surface area (Å²) in [4.78, 5) is 0. The van der Waals surface area contributed by atoms with Gasteiger partial charge in [0.05, 0.1) is 0 Å². The van der Waals surface area contributed by atoms with Gasteiger partial charge >= 0.3 is 0 Å². The number of rotatable bonds is 3. The van der Waals surface area contributed by atoms with Gasteiger partial charge in [-0.25, -0.2) is 4.39 Å². The first-order chi connectivity index (χ1) is 8.56. The van der Waals surface area contributed by atoms with Crippen LogP contribution in [0.1, 0.15) is 11.1 Å². The molecule has 0 saturated heterocycles. The summed E-state index contributed by atoms with van der Waals surface area (Å²) < 4.78 is 13.1. The zero-order valence-electron chi connectivity index (χ0n) is 9.94. The quantitative estimate of drug-likeness (QED) is 0.781. The lowest BCUT2D eigenvalue weighted by atomic mass is 10.1. The van der Waals surface area contributed by atoms with E-state index in [4.69, 9.17) is 0 Å². The summed E-state index contributed by atoms with van der Waals surface area (Å²) in [6.07, 6.45) is 0. The largest absolute Gasteiger partial charge is 0.508 e. The fourth-order valence-corrected chi connectivity index (χ4v) is 1.68. The molecule has 0 fully saturated rings. The Morgan fingerprint density at radius 3 is 2.61 bits per heavy atom. The van der Waals surface area contributed by atoms with Crippen LogP contribution in [-0.4, -0.2) is 10.2 Å². The maximum atomic E-state index is 13.1. The van der Waals surface area contributed by atoms with Crippen LogP contribution in [0, 0.1) is 12.7 Å². The van der Waals surface area contributed by atoms with E-state index in [0.29, 0.717) is 17.8 Å². The average molecular weight is 247 g/mol. The van der Waals surface area contributed by atoms with Crippen LogP contribution in [-0.2, 0) is 6.54 Å². The van der Waals surface area contributed by atoms with Crippen molar-refractivity contribution in [3.05, 3.63) is 53.3 Å². The molecule has 0 aromatic heterocycles. The molecule has 18 heavy (non-hydrogen) atoms. The van der Waals surface area contributed by atoms with Crippen LogP contribution in [0.5, 0.6) is 11.5 Å². The number of aromatic hydroxyl groups is 2. The summed E-state index contributed by atoms with van der Waals surface area (Å²) in [7, 11) is 0. The molecule has 94 valence electrons. The van der Waals surface area contributed by atoms with E-state index in [9.17, 15) is 14.6 Å². The van der Waals surface area contributed by atoms with Crippen molar-refractivity contribution in [1.29, 1.82) is 0 Å². The highest BCUT2D eigenvalue weighted by molar-refractivity contribution is 5.52. The van der Waals surface area contributed by atoms with Gasteiger partial charge in [-0.1, -0.05) is 6.07 Å². The standard InChI is InChI=1S/C14H14FNO2/c1-9-2-4-11(15)6-13(9)16-8-10-3-5-12(17)7-14(10)18/h2-7,16-18H,8H2,1H3. The molecule has 0 aliphatic rings. The smallest absolute Gasteiger partial charge is 0.125 e. The molecule has 2 aromatic rings. The summed E-state index contributed by atoms with van der Waals surface area (Å²) >= 11 is 0. The summed E-state index contributed by atoms with van der Waals surface area (Å²) in [6, 6.07) is 8.89. The van der Waals surface area contributed by atoms with E-state index in [1.54, 1.807) is 12.1 Å². The number of hydrogen-bond donors (Lipinski definition) is 3. The molecule has 0 spiro atoms. The number of hydrogen-bond acceptors (Lipinski definition) is 3. The lowest BCUT2D eigenvalue weighted by Crippen LogP contribution is -2.01. The van der Waals surface area contributed by atoms with Gasteiger partial charge in [-0.05, 0) is 36.8 Å². The van der Waals surface area contributed by atoms with E-state index >= 15 is 0 Å². The molecule has 0 unspecified atom stereocenters. The summed E-state index contributed by atoms with van der Waals surface area (Å²) in [5, 5.41) is 21.8. The van der Waals surface area contributed by atoms with E-state index in [2.05, 4.69) is 5.32 Å². The van der Waals surface area contributed by atoms with Crippen LogP contribution >= 0.6 is 0 Å². The zero-order valence-corrected chi connectivity index (χ0v) is 9.94. The predicted molar refractivity (Wildman–Crippen MR) is 68.2 cm³/mol. The van der Waals surface area contributed by atoms with Crippen LogP contribution in [0.4, 0.5) is 10.1 Å². The summed E-state index contributed by atoms with van der Waals surface area (Å²) in [6.45, 7) is 2.23. The molecule has 3 nitrogen and oxygen atoms in total. The topological polar surface area (TPSA) is 52.5 Å². The number of benzene rings is 2. The fourth-order valence-electron chi connectivity index (χ4n) is 1.68.